The molecule has 1 rings (SSSR count). The number of carbonyl (C=O) groups is 1. The molecule has 0 aromatic rings. The maximum absolute atomic E-state index is 11.6. The molecule has 0 atom stereocenters. The molecule has 0 aromatic carbocycles. The lowest BCUT2D eigenvalue weighted by Gasteiger charge is -2.26. The van der Waals surface area contributed by atoms with E-state index in [9.17, 15) is 4.79 Å². The molecule has 14 heavy (non-hydrogen) atoms. The standard InChI is InChI=1S/C10H20N2O2/c13-9-6-11-5-4-10(14)12-7-2-1-3-8-12/h11,13H,1-9H2. The lowest BCUT2D eigenvalue weighted by Crippen LogP contribution is -2.37. The third-order valence-corrected chi connectivity index (χ3v) is 2.51. The van der Waals surface area contributed by atoms with Gasteiger partial charge in [0.25, 0.3) is 0 Å². The number of aliphatic hydroxyl groups excluding tert-OH is 1. The molecule has 1 saturated heterocycles. The van der Waals surface area contributed by atoms with Crippen LogP contribution < -0.4 is 5.32 Å². The SMILES string of the molecule is O=C(CCNCCO)N1CCCCC1. The van der Waals surface area contributed by atoms with Gasteiger partial charge >= 0.3 is 0 Å². The predicted molar refractivity (Wildman–Crippen MR) is 55.0 cm³/mol. The number of hydrogen-bond acceptors (Lipinski definition) is 3. The predicted octanol–water partition coefficient (Wildman–Crippen LogP) is -0.0291. The van der Waals surface area contributed by atoms with E-state index >= 15 is 0 Å². The lowest BCUT2D eigenvalue weighted by molar-refractivity contribution is -0.131. The van der Waals surface area contributed by atoms with Crippen LogP contribution in [0.25, 0.3) is 0 Å². The first kappa shape index (κ1) is 11.5. The van der Waals surface area contributed by atoms with Gasteiger partial charge in [-0.1, -0.05) is 0 Å². The van der Waals surface area contributed by atoms with Gasteiger partial charge in [-0.15, -0.1) is 0 Å². The van der Waals surface area contributed by atoms with E-state index in [0.29, 0.717) is 19.5 Å². The van der Waals surface area contributed by atoms with E-state index in [1.54, 1.807) is 0 Å². The number of piperidine rings is 1. The molecular weight excluding hydrogens is 180 g/mol. The Morgan fingerprint density at radius 3 is 2.57 bits per heavy atom. The zero-order chi connectivity index (χ0) is 10.2. The highest BCUT2D eigenvalue weighted by Crippen LogP contribution is 2.09. The third-order valence-electron chi connectivity index (χ3n) is 2.51. The van der Waals surface area contributed by atoms with E-state index in [-0.39, 0.29) is 12.5 Å². The normalized spacial score (nSPS) is 17.1. The van der Waals surface area contributed by atoms with E-state index in [1.807, 2.05) is 4.90 Å². The monoisotopic (exact) mass is 200 g/mol. The van der Waals surface area contributed by atoms with Gasteiger partial charge in [-0.25, -0.2) is 0 Å². The summed E-state index contributed by atoms with van der Waals surface area (Å²) in [6.45, 7) is 3.25. The molecule has 82 valence electrons. The highest BCUT2D eigenvalue weighted by Gasteiger charge is 2.15. The van der Waals surface area contributed by atoms with Crippen molar-refractivity contribution < 1.29 is 9.90 Å². The fourth-order valence-electron chi connectivity index (χ4n) is 1.70. The number of amides is 1. The summed E-state index contributed by atoms with van der Waals surface area (Å²) in [7, 11) is 0. The summed E-state index contributed by atoms with van der Waals surface area (Å²) in [4.78, 5) is 13.5. The average molecular weight is 200 g/mol. The summed E-state index contributed by atoms with van der Waals surface area (Å²) in [5, 5.41) is 11.5. The molecule has 0 radical (unpaired) electrons. The van der Waals surface area contributed by atoms with Gasteiger partial charge in [-0.3, -0.25) is 4.79 Å². The molecule has 4 nitrogen and oxygen atoms in total. The molecule has 0 saturated carbocycles. The minimum Gasteiger partial charge on any atom is -0.395 e. The minimum atomic E-state index is 0.137. The summed E-state index contributed by atoms with van der Waals surface area (Å²) in [5.74, 6) is 0.245. The van der Waals surface area contributed by atoms with Gasteiger partial charge in [0, 0.05) is 32.6 Å². The molecule has 1 aliphatic heterocycles. The largest absolute Gasteiger partial charge is 0.395 e. The first-order valence-corrected chi connectivity index (χ1v) is 5.44. The second kappa shape index (κ2) is 6.79. The second-order valence-electron chi connectivity index (χ2n) is 3.67. The lowest BCUT2D eigenvalue weighted by atomic mass is 10.1. The second-order valence-corrected chi connectivity index (χ2v) is 3.67. The highest BCUT2D eigenvalue weighted by molar-refractivity contribution is 5.76. The smallest absolute Gasteiger partial charge is 0.223 e. The first-order valence-electron chi connectivity index (χ1n) is 5.44. The number of nitrogens with zero attached hydrogens (tertiary/aromatic N) is 1. The van der Waals surface area contributed by atoms with Gasteiger partial charge in [0.05, 0.1) is 6.61 Å². The number of carbonyl (C=O) groups excluding carboxylic acids is 1. The Kier molecular flexibility index (Phi) is 5.56. The van der Waals surface area contributed by atoms with Crippen LogP contribution in [0, 0.1) is 0 Å². The van der Waals surface area contributed by atoms with E-state index < -0.39 is 0 Å². The number of aliphatic hydroxyl groups is 1. The molecule has 0 aliphatic carbocycles. The van der Waals surface area contributed by atoms with Gasteiger partial charge in [-0.2, -0.15) is 0 Å². The van der Waals surface area contributed by atoms with Crippen molar-refractivity contribution in [2.45, 2.75) is 25.7 Å². The molecule has 0 aromatic heterocycles. The van der Waals surface area contributed by atoms with Gasteiger partial charge in [0.15, 0.2) is 0 Å². The molecule has 0 unspecified atom stereocenters. The van der Waals surface area contributed by atoms with Gasteiger partial charge < -0.3 is 15.3 Å². The van der Waals surface area contributed by atoms with Gasteiger partial charge in [0.2, 0.25) is 5.91 Å². The van der Waals surface area contributed by atoms with Crippen molar-refractivity contribution in [2.75, 3.05) is 32.8 Å². The average Bonchev–Trinajstić information content (AvgIpc) is 2.25. The van der Waals surface area contributed by atoms with E-state index in [0.717, 1.165) is 25.9 Å². The summed E-state index contributed by atoms with van der Waals surface area (Å²) in [6.07, 6.45) is 4.11. The summed E-state index contributed by atoms with van der Waals surface area (Å²) in [5.41, 5.74) is 0. The number of nitrogens with one attached hydrogen (secondary N) is 1. The fraction of sp³-hybridized carbons (Fsp3) is 0.900. The molecule has 4 heteroatoms. The van der Waals surface area contributed by atoms with Crippen LogP contribution >= 0.6 is 0 Å². The number of likely N-dealkylation sites (tertiary alicyclic amines) is 1. The number of rotatable bonds is 5. The van der Waals surface area contributed by atoms with Crippen molar-refractivity contribution in [1.29, 1.82) is 0 Å². The van der Waals surface area contributed by atoms with E-state index in [4.69, 9.17) is 5.11 Å². The van der Waals surface area contributed by atoms with Crippen molar-refractivity contribution in [1.82, 2.24) is 10.2 Å². The maximum atomic E-state index is 11.6. The van der Waals surface area contributed by atoms with Crippen LogP contribution in [0.15, 0.2) is 0 Å². The van der Waals surface area contributed by atoms with Crippen molar-refractivity contribution in [2.24, 2.45) is 0 Å². The Balaban J connectivity index is 2.07. The van der Waals surface area contributed by atoms with Crippen molar-refractivity contribution in [3.05, 3.63) is 0 Å². The fourth-order valence-corrected chi connectivity index (χ4v) is 1.70. The van der Waals surface area contributed by atoms with Crippen molar-refractivity contribution in [3.63, 3.8) is 0 Å². The zero-order valence-electron chi connectivity index (χ0n) is 8.67. The van der Waals surface area contributed by atoms with Crippen LogP contribution in [0.5, 0.6) is 0 Å². The molecular formula is C10H20N2O2. The van der Waals surface area contributed by atoms with E-state index in [1.165, 1.54) is 6.42 Å². The van der Waals surface area contributed by atoms with Crippen LogP contribution in [0.3, 0.4) is 0 Å². The molecule has 1 amide bonds. The zero-order valence-corrected chi connectivity index (χ0v) is 8.67. The Hall–Kier alpha value is -0.610. The highest BCUT2D eigenvalue weighted by atomic mass is 16.3. The molecule has 1 fully saturated rings. The Morgan fingerprint density at radius 2 is 1.93 bits per heavy atom. The topological polar surface area (TPSA) is 52.6 Å². The molecule has 1 aliphatic rings. The van der Waals surface area contributed by atoms with E-state index in [2.05, 4.69) is 5.32 Å². The first-order chi connectivity index (χ1) is 6.84. The maximum Gasteiger partial charge on any atom is 0.223 e. The van der Waals surface area contributed by atoms with Crippen molar-refractivity contribution >= 4 is 5.91 Å². The van der Waals surface area contributed by atoms with Gasteiger partial charge in [0.1, 0.15) is 0 Å². The summed E-state index contributed by atoms with van der Waals surface area (Å²) >= 11 is 0. The summed E-state index contributed by atoms with van der Waals surface area (Å²) < 4.78 is 0. The summed E-state index contributed by atoms with van der Waals surface area (Å²) in [6, 6.07) is 0. The quantitative estimate of drug-likeness (QED) is 0.613. The Labute approximate surface area is 85.3 Å². The Morgan fingerprint density at radius 1 is 1.21 bits per heavy atom. The molecule has 0 spiro atoms. The minimum absolute atomic E-state index is 0.137. The van der Waals surface area contributed by atoms with Crippen LogP contribution in [0.2, 0.25) is 0 Å². The third kappa shape index (κ3) is 4.07. The van der Waals surface area contributed by atoms with Crippen LogP contribution in [0.4, 0.5) is 0 Å². The van der Waals surface area contributed by atoms with Crippen molar-refractivity contribution in [3.8, 4) is 0 Å². The number of hydrogen-bond donors (Lipinski definition) is 2. The Bertz CT molecular complexity index is 168. The van der Waals surface area contributed by atoms with Crippen LogP contribution in [-0.4, -0.2) is 48.7 Å². The van der Waals surface area contributed by atoms with Gasteiger partial charge in [-0.05, 0) is 19.3 Å². The molecule has 2 N–H and O–H groups in total. The van der Waals surface area contributed by atoms with Crippen LogP contribution in [-0.2, 0) is 4.79 Å². The van der Waals surface area contributed by atoms with Crippen LogP contribution in [0.1, 0.15) is 25.7 Å². The molecule has 0 bridgehead atoms. The molecule has 1 heterocycles.